The number of thiophene rings is 1. The molecule has 0 fully saturated rings. The van der Waals surface area contributed by atoms with Gasteiger partial charge >= 0.3 is 0 Å². The van der Waals surface area contributed by atoms with Gasteiger partial charge in [-0.05, 0) is 29.6 Å². The van der Waals surface area contributed by atoms with Gasteiger partial charge in [0.25, 0.3) is 0 Å². The van der Waals surface area contributed by atoms with E-state index in [1.807, 2.05) is 22.4 Å². The number of halogens is 2. The van der Waals surface area contributed by atoms with Gasteiger partial charge in [0.05, 0.1) is 6.61 Å². The van der Waals surface area contributed by atoms with Gasteiger partial charge in [-0.15, -0.1) is 11.3 Å². The SMILES string of the molecule is OCCN(Cc1cccs1)Cc1cc(F)ccc1F. The van der Waals surface area contributed by atoms with E-state index in [-0.39, 0.29) is 13.2 Å². The summed E-state index contributed by atoms with van der Waals surface area (Å²) in [6, 6.07) is 7.37. The summed E-state index contributed by atoms with van der Waals surface area (Å²) < 4.78 is 26.7. The van der Waals surface area contributed by atoms with Gasteiger partial charge in [-0.3, -0.25) is 4.90 Å². The molecule has 2 nitrogen and oxygen atoms in total. The van der Waals surface area contributed by atoms with Crippen molar-refractivity contribution in [3.8, 4) is 0 Å². The molecule has 19 heavy (non-hydrogen) atoms. The fraction of sp³-hybridized carbons (Fsp3) is 0.286. The van der Waals surface area contributed by atoms with E-state index in [4.69, 9.17) is 5.11 Å². The quantitative estimate of drug-likeness (QED) is 0.881. The van der Waals surface area contributed by atoms with E-state index in [1.54, 1.807) is 11.3 Å². The molecule has 0 spiro atoms. The Morgan fingerprint density at radius 1 is 1.16 bits per heavy atom. The van der Waals surface area contributed by atoms with Gasteiger partial charge in [-0.1, -0.05) is 6.07 Å². The highest BCUT2D eigenvalue weighted by Gasteiger charge is 2.11. The number of benzene rings is 1. The molecule has 0 radical (unpaired) electrons. The largest absolute Gasteiger partial charge is 0.395 e. The standard InChI is InChI=1S/C14H15F2NOS/c15-12-3-4-14(16)11(8-12)9-17(5-6-18)10-13-2-1-7-19-13/h1-4,7-8,18H,5-6,9-10H2. The van der Waals surface area contributed by atoms with Crippen molar-refractivity contribution in [2.45, 2.75) is 13.1 Å². The second kappa shape index (κ2) is 6.75. The highest BCUT2D eigenvalue weighted by molar-refractivity contribution is 7.09. The Bertz CT molecular complexity index is 516. The average molecular weight is 283 g/mol. The third-order valence-corrected chi connectivity index (χ3v) is 3.64. The van der Waals surface area contributed by atoms with Crippen molar-refractivity contribution >= 4 is 11.3 Å². The minimum Gasteiger partial charge on any atom is -0.395 e. The first-order valence-corrected chi connectivity index (χ1v) is 6.86. The lowest BCUT2D eigenvalue weighted by atomic mass is 10.2. The first-order chi connectivity index (χ1) is 9.19. The predicted molar refractivity (Wildman–Crippen MR) is 71.9 cm³/mol. The first kappa shape index (κ1) is 14.1. The van der Waals surface area contributed by atoms with Crippen molar-refractivity contribution in [2.75, 3.05) is 13.2 Å². The van der Waals surface area contributed by atoms with Gasteiger partial charge in [0.1, 0.15) is 11.6 Å². The molecule has 0 bridgehead atoms. The molecular weight excluding hydrogens is 268 g/mol. The van der Waals surface area contributed by atoms with Crippen LogP contribution in [0.4, 0.5) is 8.78 Å². The Morgan fingerprint density at radius 2 is 2.00 bits per heavy atom. The summed E-state index contributed by atoms with van der Waals surface area (Å²) in [5, 5.41) is 11.0. The van der Waals surface area contributed by atoms with Crippen LogP contribution in [0, 0.1) is 11.6 Å². The maximum absolute atomic E-state index is 13.6. The molecule has 1 aromatic carbocycles. The molecule has 0 saturated carbocycles. The van der Waals surface area contributed by atoms with Crippen LogP contribution in [-0.2, 0) is 13.1 Å². The first-order valence-electron chi connectivity index (χ1n) is 5.98. The molecule has 102 valence electrons. The van der Waals surface area contributed by atoms with Gasteiger partial charge in [0.15, 0.2) is 0 Å². The van der Waals surface area contributed by atoms with Crippen LogP contribution < -0.4 is 0 Å². The summed E-state index contributed by atoms with van der Waals surface area (Å²) >= 11 is 1.60. The van der Waals surface area contributed by atoms with Crippen molar-refractivity contribution < 1.29 is 13.9 Å². The van der Waals surface area contributed by atoms with E-state index >= 15 is 0 Å². The van der Waals surface area contributed by atoms with E-state index in [0.29, 0.717) is 18.7 Å². The third kappa shape index (κ3) is 4.09. The van der Waals surface area contributed by atoms with Crippen LogP contribution in [0.2, 0.25) is 0 Å². The van der Waals surface area contributed by atoms with Crippen molar-refractivity contribution in [2.24, 2.45) is 0 Å². The molecule has 0 amide bonds. The van der Waals surface area contributed by atoms with Gasteiger partial charge in [0.2, 0.25) is 0 Å². The lowest BCUT2D eigenvalue weighted by Gasteiger charge is -2.21. The Hall–Kier alpha value is -1.30. The molecular formula is C14H15F2NOS. The highest BCUT2D eigenvalue weighted by atomic mass is 32.1. The number of aliphatic hydroxyl groups is 1. The van der Waals surface area contributed by atoms with E-state index in [1.165, 1.54) is 6.07 Å². The Balaban J connectivity index is 2.09. The van der Waals surface area contributed by atoms with Gasteiger partial charge < -0.3 is 5.11 Å². The zero-order valence-electron chi connectivity index (χ0n) is 10.4. The van der Waals surface area contributed by atoms with Gasteiger partial charge in [-0.25, -0.2) is 8.78 Å². The predicted octanol–water partition coefficient (Wildman–Crippen LogP) is 3.02. The number of hydrogen-bond acceptors (Lipinski definition) is 3. The summed E-state index contributed by atoms with van der Waals surface area (Å²) in [6.45, 7) is 1.31. The molecule has 0 aliphatic rings. The molecule has 0 aliphatic heterocycles. The second-order valence-electron chi connectivity index (χ2n) is 4.25. The monoisotopic (exact) mass is 283 g/mol. The van der Waals surface area contributed by atoms with E-state index in [0.717, 1.165) is 17.0 Å². The highest BCUT2D eigenvalue weighted by Crippen LogP contribution is 2.16. The normalized spacial score (nSPS) is 11.2. The smallest absolute Gasteiger partial charge is 0.127 e. The lowest BCUT2D eigenvalue weighted by Crippen LogP contribution is -2.26. The summed E-state index contributed by atoms with van der Waals surface area (Å²) in [5.74, 6) is -0.869. The van der Waals surface area contributed by atoms with Crippen LogP contribution in [0.5, 0.6) is 0 Å². The maximum atomic E-state index is 13.6. The molecule has 1 N–H and O–H groups in total. The second-order valence-corrected chi connectivity index (χ2v) is 5.28. The summed E-state index contributed by atoms with van der Waals surface area (Å²) in [4.78, 5) is 3.02. The molecule has 1 aromatic heterocycles. The molecule has 0 atom stereocenters. The van der Waals surface area contributed by atoms with Crippen LogP contribution >= 0.6 is 11.3 Å². The van der Waals surface area contributed by atoms with Crippen LogP contribution in [-0.4, -0.2) is 23.2 Å². The number of hydrogen-bond donors (Lipinski definition) is 1. The molecule has 1 heterocycles. The summed E-state index contributed by atoms with van der Waals surface area (Å²) in [6.07, 6.45) is 0. The molecule has 2 aromatic rings. The van der Waals surface area contributed by atoms with Crippen molar-refractivity contribution in [1.29, 1.82) is 0 Å². The average Bonchev–Trinajstić information content (AvgIpc) is 2.87. The van der Waals surface area contributed by atoms with Crippen LogP contribution in [0.15, 0.2) is 35.7 Å². The third-order valence-electron chi connectivity index (χ3n) is 2.78. The lowest BCUT2D eigenvalue weighted by molar-refractivity contribution is 0.184. The van der Waals surface area contributed by atoms with Gasteiger partial charge in [0, 0.05) is 30.1 Å². The summed E-state index contributed by atoms with van der Waals surface area (Å²) in [5.41, 5.74) is 0.310. The van der Waals surface area contributed by atoms with Crippen molar-refractivity contribution in [3.63, 3.8) is 0 Å². The van der Waals surface area contributed by atoms with Crippen molar-refractivity contribution in [3.05, 3.63) is 57.8 Å². The number of rotatable bonds is 6. The molecule has 5 heteroatoms. The maximum Gasteiger partial charge on any atom is 0.127 e. The van der Waals surface area contributed by atoms with Crippen molar-refractivity contribution in [1.82, 2.24) is 4.90 Å². The molecule has 0 saturated heterocycles. The Kier molecular flexibility index (Phi) is 5.01. The fourth-order valence-corrected chi connectivity index (χ4v) is 2.63. The van der Waals surface area contributed by atoms with Crippen LogP contribution in [0.1, 0.15) is 10.4 Å². The Labute approximate surface area is 114 Å². The minimum absolute atomic E-state index is 0.0116. The van der Waals surface area contributed by atoms with E-state index in [9.17, 15) is 8.78 Å². The van der Waals surface area contributed by atoms with Crippen LogP contribution in [0.25, 0.3) is 0 Å². The number of nitrogens with zero attached hydrogens (tertiary/aromatic N) is 1. The topological polar surface area (TPSA) is 23.5 Å². The minimum atomic E-state index is -0.448. The van der Waals surface area contributed by atoms with E-state index < -0.39 is 11.6 Å². The number of aliphatic hydroxyl groups excluding tert-OH is 1. The van der Waals surface area contributed by atoms with Crippen LogP contribution in [0.3, 0.4) is 0 Å². The fourth-order valence-electron chi connectivity index (χ4n) is 1.88. The molecule has 0 unspecified atom stereocenters. The molecule has 0 aliphatic carbocycles. The van der Waals surface area contributed by atoms with Gasteiger partial charge in [-0.2, -0.15) is 0 Å². The van der Waals surface area contributed by atoms with E-state index in [2.05, 4.69) is 0 Å². The molecule has 2 rings (SSSR count). The zero-order valence-corrected chi connectivity index (χ0v) is 11.2. The Morgan fingerprint density at radius 3 is 2.68 bits per heavy atom. The summed E-state index contributed by atoms with van der Waals surface area (Å²) in [7, 11) is 0. The zero-order chi connectivity index (χ0) is 13.7.